The number of hydrogen-bond donors (Lipinski definition) is 6. The molecule has 10 amide bonds. The lowest BCUT2D eigenvalue weighted by molar-refractivity contribution is -0.137. The van der Waals surface area contributed by atoms with Gasteiger partial charge >= 0.3 is 18.2 Å². The summed E-state index contributed by atoms with van der Waals surface area (Å²) in [5, 5.41) is 14.7. The van der Waals surface area contributed by atoms with Crippen LogP contribution in [0.3, 0.4) is 0 Å². The van der Waals surface area contributed by atoms with E-state index in [-0.39, 0.29) is 93.4 Å². The molecule has 91 heavy (non-hydrogen) atoms. The van der Waals surface area contributed by atoms with Gasteiger partial charge in [-0.15, -0.1) is 22.9 Å². The number of thiophene rings is 1. The van der Waals surface area contributed by atoms with Gasteiger partial charge in [-0.2, -0.15) is 0 Å². The molecule has 2 aromatic heterocycles. The van der Waals surface area contributed by atoms with Crippen LogP contribution < -0.4 is 41.4 Å². The summed E-state index contributed by atoms with van der Waals surface area (Å²) < 4.78 is 18.7. The van der Waals surface area contributed by atoms with Crippen LogP contribution in [0.2, 0.25) is 0 Å². The molecule has 5 aromatic rings. The molecule has 3 atom stereocenters. The van der Waals surface area contributed by atoms with E-state index in [0.29, 0.717) is 55.1 Å². The largest absolute Gasteiger partial charge is 0.492 e. The van der Waals surface area contributed by atoms with Gasteiger partial charge in [0.15, 0.2) is 5.75 Å². The third-order valence-corrected chi connectivity index (χ3v) is 17.7. The van der Waals surface area contributed by atoms with E-state index in [1.54, 1.807) is 69.3 Å². The number of carbonyl (C=O) groups is 9. The number of primary amides is 1. The number of fused-ring (bicyclic) bond motifs is 4. The van der Waals surface area contributed by atoms with Crippen molar-refractivity contribution >= 4 is 115 Å². The number of aryl methyl sites for hydroxylation is 1. The average Bonchev–Trinajstić information content (AvgIpc) is 1.59. The normalized spacial score (nSPS) is 15.5. The molecule has 25 heteroatoms. The van der Waals surface area contributed by atoms with Crippen LogP contribution >= 0.6 is 22.9 Å². The molecule has 488 valence electrons. The van der Waals surface area contributed by atoms with E-state index in [1.165, 1.54) is 52.2 Å². The van der Waals surface area contributed by atoms with Crippen LogP contribution in [0.1, 0.15) is 107 Å². The fourth-order valence-corrected chi connectivity index (χ4v) is 13.0. The summed E-state index contributed by atoms with van der Waals surface area (Å²) in [5.41, 5.74) is 9.82. The van der Waals surface area contributed by atoms with Crippen LogP contribution in [0.4, 0.5) is 25.8 Å². The van der Waals surface area contributed by atoms with Crippen LogP contribution in [-0.2, 0) is 40.1 Å². The first-order chi connectivity index (χ1) is 43.5. The first-order valence-electron chi connectivity index (χ1n) is 30.9. The van der Waals surface area contributed by atoms with E-state index < -0.39 is 47.5 Å². The Hall–Kier alpha value is -8.48. The second-order valence-corrected chi connectivity index (χ2v) is 25.9. The Labute approximate surface area is 539 Å². The van der Waals surface area contributed by atoms with Crippen molar-refractivity contribution in [1.82, 2.24) is 40.5 Å². The van der Waals surface area contributed by atoms with E-state index in [2.05, 4.69) is 31.2 Å². The fraction of sp³-hybridized carbons (Fsp3) is 0.470. The number of nitrogens with zero attached hydrogens (tertiary/aromatic N) is 5. The lowest BCUT2D eigenvalue weighted by atomic mass is 9.92. The van der Waals surface area contributed by atoms with Gasteiger partial charge < -0.3 is 60.9 Å². The molecule has 3 aliphatic heterocycles. The van der Waals surface area contributed by atoms with Crippen LogP contribution in [0.5, 0.6) is 11.5 Å². The number of nitrogens with two attached hydrogens (primary N) is 1. The zero-order valence-corrected chi connectivity index (χ0v) is 54.4. The summed E-state index contributed by atoms with van der Waals surface area (Å²) in [4.78, 5) is 128. The Morgan fingerprint density at radius 3 is 2.29 bits per heavy atom. The number of likely N-dealkylation sites (tertiary alicyclic amines) is 1. The smallest absolute Gasteiger partial charge is 0.415 e. The molecule has 0 bridgehead atoms. The number of benzene rings is 3. The molecule has 5 heterocycles. The molecule has 3 aliphatic rings. The van der Waals surface area contributed by atoms with Gasteiger partial charge in [-0.05, 0) is 129 Å². The van der Waals surface area contributed by atoms with E-state index in [4.69, 9.17) is 31.5 Å². The summed E-state index contributed by atoms with van der Waals surface area (Å²) in [6.07, 6.45) is 9.03. The predicted molar refractivity (Wildman–Crippen MR) is 351 cm³/mol. The molecule has 3 aromatic carbocycles. The lowest BCUT2D eigenvalue weighted by Crippen LogP contribution is -2.54. The summed E-state index contributed by atoms with van der Waals surface area (Å²) in [5.74, 6) is -1.59. The number of hydrogen-bond acceptors (Lipinski definition) is 14. The minimum Gasteiger partial charge on any atom is -0.492 e. The molecule has 0 saturated carbocycles. The van der Waals surface area contributed by atoms with Gasteiger partial charge in [0.25, 0.3) is 17.7 Å². The summed E-state index contributed by atoms with van der Waals surface area (Å²) in [6, 6.07) is 13.5. The maximum absolute atomic E-state index is 14.1. The first-order valence-corrected chi connectivity index (χ1v) is 32.3. The molecule has 0 spiro atoms. The van der Waals surface area contributed by atoms with E-state index in [0.717, 1.165) is 68.1 Å². The van der Waals surface area contributed by atoms with E-state index in [9.17, 15) is 43.2 Å². The molecular formula is C66H84ClN11O12S. The molecule has 7 N–H and O–H groups in total. The first kappa shape index (κ1) is 68.4. The standard InChI is InChI=1S/C66H84ClN11O12S/c1-41(2)59(73-53(79)15-9-8-10-29-77-54(80)24-25-55(77)81)62(84)72-50(14-13-26-69-63(68)85)61(83)71-46-18-16-43(17-19-46)37-89-64(86)74(6)39-66(4,5)40-75(7)65(87)90-52-34-51-58(57-42(3)38-91-60(52)57)45(35-67)36-78(51)56(82)23-20-47-32-44-33-48(21-22-49(44)70-47)88-31-30-76-27-11-12-28-76/h16-25,32-34,38,41,45,50,59,70H,8-15,26-31,35-37,39-40H2,1-7H3,(H,71,83)(H,72,84)(H,73,79)(H3,68,69,85)/b23-20+/t45-,50+,59+/m1/s1. The third kappa shape index (κ3) is 18.6. The second kappa shape index (κ2) is 31.5. The molecule has 1 saturated heterocycles. The van der Waals surface area contributed by atoms with Gasteiger partial charge in [0, 0.05) is 129 Å². The average molecular weight is 1290 g/mol. The Balaban J connectivity index is 0.812. The van der Waals surface area contributed by atoms with Crippen molar-refractivity contribution in [3.05, 3.63) is 101 Å². The monoisotopic (exact) mass is 1290 g/mol. The summed E-state index contributed by atoms with van der Waals surface area (Å²) >= 11 is 8.06. The van der Waals surface area contributed by atoms with Gasteiger partial charge in [0.05, 0.1) is 10.4 Å². The number of urea groups is 1. The van der Waals surface area contributed by atoms with Gasteiger partial charge in [-0.25, -0.2) is 14.4 Å². The van der Waals surface area contributed by atoms with Crippen molar-refractivity contribution in [1.29, 1.82) is 0 Å². The maximum atomic E-state index is 14.1. The lowest BCUT2D eigenvalue weighted by Gasteiger charge is -2.33. The third-order valence-electron chi connectivity index (χ3n) is 16.2. The maximum Gasteiger partial charge on any atom is 0.415 e. The SMILES string of the molecule is Cc1csc2c(OC(=O)N(C)CC(C)(C)CN(C)C(=O)OCc3ccc(NC(=O)[C@H](CCCNC(N)=O)NC(=O)[C@@H](NC(=O)CCCCCN4C(=O)C=CC4=O)C(C)C)cc3)cc3c(c12)[C@H](CCl)CN3C(=O)/C=C/c1cc2cc(OCCN3CCCC3)ccc2[nH]1. The van der Waals surface area contributed by atoms with Crippen molar-refractivity contribution < 1.29 is 57.4 Å². The van der Waals surface area contributed by atoms with Crippen LogP contribution in [0, 0.1) is 18.3 Å². The number of unbranched alkanes of at least 4 members (excludes halogenated alkanes) is 2. The zero-order chi connectivity index (χ0) is 65.5. The van der Waals surface area contributed by atoms with Crippen molar-refractivity contribution in [2.75, 3.05) is 89.2 Å². The quantitative estimate of drug-likeness (QED) is 0.0109. The highest BCUT2D eigenvalue weighted by atomic mass is 35.5. The topological polar surface area (TPSA) is 287 Å². The number of rotatable bonds is 30. The van der Waals surface area contributed by atoms with Crippen LogP contribution in [0.15, 0.2) is 78.2 Å². The number of nitrogens with one attached hydrogen (secondary N) is 5. The number of aromatic nitrogens is 1. The van der Waals surface area contributed by atoms with Gasteiger partial charge in [0.1, 0.15) is 31.0 Å². The van der Waals surface area contributed by atoms with E-state index in [1.807, 2.05) is 50.4 Å². The number of anilines is 2. The minimum absolute atomic E-state index is 0.0983. The molecule has 0 unspecified atom stereocenters. The molecule has 8 rings (SSSR count). The van der Waals surface area contributed by atoms with Gasteiger partial charge in [-0.1, -0.05) is 46.2 Å². The van der Waals surface area contributed by atoms with Crippen LogP contribution in [0.25, 0.3) is 27.1 Å². The number of carbonyl (C=O) groups excluding carboxylic acids is 9. The Bertz CT molecular complexity index is 3520. The molecule has 0 aliphatic carbocycles. The number of ether oxygens (including phenoxy) is 3. The molecule has 0 radical (unpaired) electrons. The summed E-state index contributed by atoms with van der Waals surface area (Å²) in [7, 11) is 3.23. The Kier molecular flexibility index (Phi) is 23.7. The Morgan fingerprint density at radius 2 is 1.59 bits per heavy atom. The number of H-pyrrole nitrogens is 1. The number of imide groups is 1. The van der Waals surface area contributed by atoms with Crippen molar-refractivity contribution in [2.45, 2.75) is 111 Å². The van der Waals surface area contributed by atoms with Gasteiger partial charge in [0.2, 0.25) is 17.7 Å². The minimum atomic E-state index is -1.07. The zero-order valence-electron chi connectivity index (χ0n) is 52.8. The fourth-order valence-electron chi connectivity index (χ4n) is 11.7. The second-order valence-electron chi connectivity index (χ2n) is 24.7. The van der Waals surface area contributed by atoms with E-state index >= 15 is 0 Å². The van der Waals surface area contributed by atoms with Gasteiger partial charge in [-0.3, -0.25) is 38.6 Å². The highest BCUT2D eigenvalue weighted by molar-refractivity contribution is 7.17. The Morgan fingerprint density at radius 1 is 0.879 bits per heavy atom. The van der Waals surface area contributed by atoms with Crippen molar-refractivity contribution in [2.24, 2.45) is 17.1 Å². The number of amides is 10. The predicted octanol–water partition coefficient (Wildman–Crippen LogP) is 8.77. The highest BCUT2D eigenvalue weighted by Gasteiger charge is 2.37. The molecule has 1 fully saturated rings. The van der Waals surface area contributed by atoms with Crippen molar-refractivity contribution in [3.8, 4) is 11.5 Å². The number of alkyl halides is 1. The summed E-state index contributed by atoms with van der Waals surface area (Å²) in [6.45, 7) is 14.1. The molecule has 23 nitrogen and oxygen atoms in total. The number of aromatic amines is 1. The highest BCUT2D eigenvalue weighted by Crippen LogP contribution is 2.49. The van der Waals surface area contributed by atoms with Crippen LogP contribution in [-0.4, -0.2) is 169 Å². The van der Waals surface area contributed by atoms with Crippen molar-refractivity contribution in [3.63, 3.8) is 0 Å². The number of halogens is 1. The molecular weight excluding hydrogens is 1210 g/mol.